The molecule has 1 N–H and O–H groups in total. The zero-order valence-electron chi connectivity index (χ0n) is 27.6. The van der Waals surface area contributed by atoms with E-state index < -0.39 is 59.0 Å². The number of halogens is 4. The molecule has 0 heterocycles. The molecule has 0 aliphatic heterocycles. The molecule has 268 valence electrons. The van der Waals surface area contributed by atoms with Gasteiger partial charge in [0.05, 0.1) is 0 Å². The van der Waals surface area contributed by atoms with Crippen LogP contribution in [0.15, 0.2) is 149 Å². The molecular formula is C42H24F4O6S2. The van der Waals surface area contributed by atoms with Gasteiger partial charge in [0.2, 0.25) is 17.4 Å². The molecule has 0 aliphatic carbocycles. The smallest absolute Gasteiger partial charge is 0.340 e. The van der Waals surface area contributed by atoms with Gasteiger partial charge in [-0.2, -0.15) is 25.6 Å². The molecule has 8 rings (SSSR count). The lowest BCUT2D eigenvalue weighted by Crippen LogP contribution is -2.18. The molecule has 12 heteroatoms. The maximum Gasteiger partial charge on any atom is 0.340 e. The molecule has 0 saturated heterocycles. The SMILES string of the molecule is O=S(=O)(O)c1c(F)c(F)c(OS(=O)(=O)c2c(-c3cccc4ccccc34)cc(-c3cccc4ccccc34)cc2-c2cccc3ccccc23)c(F)c1F. The van der Waals surface area contributed by atoms with E-state index in [1.165, 1.54) is 0 Å². The molecule has 54 heavy (non-hydrogen) atoms. The second kappa shape index (κ2) is 13.1. The number of hydrogen-bond donors (Lipinski definition) is 1. The average molecular weight is 765 g/mol. The van der Waals surface area contributed by atoms with Crippen LogP contribution in [0.1, 0.15) is 0 Å². The number of hydrogen-bond acceptors (Lipinski definition) is 5. The molecule has 8 aromatic carbocycles. The Kier molecular flexibility index (Phi) is 8.48. The van der Waals surface area contributed by atoms with Gasteiger partial charge < -0.3 is 4.18 Å². The monoisotopic (exact) mass is 764 g/mol. The second-order valence-electron chi connectivity index (χ2n) is 12.4. The molecule has 0 amide bonds. The standard InChI is InChI=1S/C42H24F4O6S2/c43-36-38(45)42(53(47,48)49)39(46)37(44)40(36)52-54(50,51)41-34(32-20-8-14-25-11-2-5-17-29(25)32)22-27(31-19-7-13-24-10-1-4-16-28(24)31)23-35(41)33-21-9-15-26-12-3-6-18-30(26)33/h1-23H,(H,47,48,49). The van der Waals surface area contributed by atoms with Crippen LogP contribution in [0.3, 0.4) is 0 Å². The summed E-state index contributed by atoms with van der Waals surface area (Å²) in [7, 11) is -11.3. The molecular weight excluding hydrogens is 741 g/mol. The van der Waals surface area contributed by atoms with Crippen LogP contribution in [0.4, 0.5) is 17.6 Å². The molecule has 0 atom stereocenters. The molecule has 0 saturated carbocycles. The molecule has 0 aromatic heterocycles. The Morgan fingerprint density at radius 2 is 0.796 bits per heavy atom. The minimum Gasteiger partial charge on any atom is -0.372 e. The van der Waals surface area contributed by atoms with Crippen LogP contribution in [0, 0.1) is 23.3 Å². The second-order valence-corrected chi connectivity index (χ2v) is 15.2. The Bertz CT molecular complexity index is 2930. The Labute approximate surface area is 306 Å². The Morgan fingerprint density at radius 3 is 1.22 bits per heavy atom. The summed E-state index contributed by atoms with van der Waals surface area (Å²) in [5.41, 5.74) is 2.08. The van der Waals surface area contributed by atoms with E-state index in [0.29, 0.717) is 27.5 Å². The van der Waals surface area contributed by atoms with Gasteiger partial charge >= 0.3 is 20.2 Å². The summed E-state index contributed by atoms with van der Waals surface area (Å²) in [5, 5.41) is 4.39. The maximum absolute atomic E-state index is 15.4. The first-order valence-electron chi connectivity index (χ1n) is 16.3. The van der Waals surface area contributed by atoms with Gasteiger partial charge in [0.25, 0.3) is 0 Å². The van der Waals surface area contributed by atoms with Gasteiger partial charge in [-0.1, -0.05) is 127 Å². The molecule has 0 fully saturated rings. The third kappa shape index (κ3) is 5.84. The van der Waals surface area contributed by atoms with Crippen LogP contribution in [0.5, 0.6) is 5.75 Å². The highest BCUT2D eigenvalue weighted by atomic mass is 32.2. The van der Waals surface area contributed by atoms with Crippen LogP contribution >= 0.6 is 0 Å². The minimum absolute atomic E-state index is 0.0245. The lowest BCUT2D eigenvalue weighted by atomic mass is 9.88. The van der Waals surface area contributed by atoms with E-state index in [-0.39, 0.29) is 11.1 Å². The van der Waals surface area contributed by atoms with Gasteiger partial charge in [0.15, 0.2) is 16.5 Å². The number of benzene rings is 8. The van der Waals surface area contributed by atoms with Crippen LogP contribution in [-0.2, 0) is 20.2 Å². The predicted molar refractivity (Wildman–Crippen MR) is 199 cm³/mol. The highest BCUT2D eigenvalue weighted by Crippen LogP contribution is 2.46. The van der Waals surface area contributed by atoms with Crippen molar-refractivity contribution in [2.75, 3.05) is 0 Å². The van der Waals surface area contributed by atoms with Gasteiger partial charge in [0.1, 0.15) is 4.90 Å². The van der Waals surface area contributed by atoms with Crippen molar-refractivity contribution in [1.82, 2.24) is 0 Å². The van der Waals surface area contributed by atoms with Gasteiger partial charge in [-0.3, -0.25) is 4.55 Å². The quantitative estimate of drug-likeness (QED) is 0.0751. The Morgan fingerprint density at radius 1 is 0.426 bits per heavy atom. The number of fused-ring (bicyclic) bond motifs is 3. The van der Waals surface area contributed by atoms with E-state index in [9.17, 15) is 30.2 Å². The van der Waals surface area contributed by atoms with E-state index in [1.807, 2.05) is 66.7 Å². The lowest BCUT2D eigenvalue weighted by molar-refractivity contribution is 0.365. The van der Waals surface area contributed by atoms with Crippen molar-refractivity contribution >= 4 is 52.6 Å². The molecule has 0 spiro atoms. The first-order chi connectivity index (χ1) is 25.8. The third-order valence-electron chi connectivity index (χ3n) is 9.23. The summed E-state index contributed by atoms with van der Waals surface area (Å²) in [6, 6.07) is 41.1. The summed E-state index contributed by atoms with van der Waals surface area (Å²) in [5.74, 6) is -12.2. The highest BCUT2D eigenvalue weighted by Gasteiger charge is 2.37. The highest BCUT2D eigenvalue weighted by molar-refractivity contribution is 7.87. The van der Waals surface area contributed by atoms with Gasteiger partial charge in [-0.25, -0.2) is 8.78 Å². The van der Waals surface area contributed by atoms with Gasteiger partial charge in [0, 0.05) is 11.1 Å². The normalized spacial score (nSPS) is 12.1. The van der Waals surface area contributed by atoms with Crippen molar-refractivity contribution in [1.29, 1.82) is 0 Å². The van der Waals surface area contributed by atoms with Crippen molar-refractivity contribution in [2.45, 2.75) is 9.79 Å². The fraction of sp³-hybridized carbons (Fsp3) is 0. The number of rotatable bonds is 7. The molecule has 0 aliphatic rings. The van der Waals surface area contributed by atoms with Crippen molar-refractivity contribution in [3.05, 3.63) is 163 Å². The zero-order chi connectivity index (χ0) is 37.9. The largest absolute Gasteiger partial charge is 0.372 e. The van der Waals surface area contributed by atoms with E-state index >= 15 is 8.78 Å². The summed E-state index contributed by atoms with van der Waals surface area (Å²) in [4.78, 5) is -2.94. The molecule has 0 unspecified atom stereocenters. The van der Waals surface area contributed by atoms with Crippen molar-refractivity contribution in [3.63, 3.8) is 0 Å². The van der Waals surface area contributed by atoms with E-state index in [4.69, 9.17) is 4.18 Å². The summed E-state index contributed by atoms with van der Waals surface area (Å²) < 4.78 is 128. The van der Waals surface area contributed by atoms with Crippen molar-refractivity contribution < 1.29 is 43.1 Å². The van der Waals surface area contributed by atoms with Gasteiger partial charge in [-0.15, -0.1) is 0 Å². The summed E-state index contributed by atoms with van der Waals surface area (Å²) in [6.45, 7) is 0. The topological polar surface area (TPSA) is 97.7 Å². The van der Waals surface area contributed by atoms with Crippen LogP contribution in [0.25, 0.3) is 65.7 Å². The Balaban J connectivity index is 1.52. The van der Waals surface area contributed by atoms with Crippen molar-refractivity contribution in [2.24, 2.45) is 0 Å². The average Bonchev–Trinajstić information content (AvgIpc) is 3.17. The van der Waals surface area contributed by atoms with Crippen LogP contribution in [0.2, 0.25) is 0 Å². The van der Waals surface area contributed by atoms with Crippen molar-refractivity contribution in [3.8, 4) is 39.1 Å². The van der Waals surface area contributed by atoms with E-state index in [2.05, 4.69) is 0 Å². The fourth-order valence-electron chi connectivity index (χ4n) is 6.89. The zero-order valence-corrected chi connectivity index (χ0v) is 29.2. The maximum atomic E-state index is 15.4. The van der Waals surface area contributed by atoms with Gasteiger partial charge in [-0.05, 0) is 66.7 Å². The van der Waals surface area contributed by atoms with Crippen LogP contribution in [-0.4, -0.2) is 21.4 Å². The summed E-state index contributed by atoms with van der Waals surface area (Å²) >= 11 is 0. The summed E-state index contributed by atoms with van der Waals surface area (Å²) in [6.07, 6.45) is 0. The van der Waals surface area contributed by atoms with Crippen LogP contribution < -0.4 is 4.18 Å². The first-order valence-corrected chi connectivity index (χ1v) is 19.1. The predicted octanol–water partition coefficient (Wildman–Crippen LogP) is 10.7. The molecule has 0 radical (unpaired) electrons. The first kappa shape index (κ1) is 35.0. The van der Waals surface area contributed by atoms with E-state index in [1.54, 1.807) is 72.8 Å². The lowest BCUT2D eigenvalue weighted by Gasteiger charge is -2.21. The van der Waals surface area contributed by atoms with E-state index in [0.717, 1.165) is 27.1 Å². The minimum atomic E-state index is -5.83. The Hall–Kier alpha value is -6.08. The molecule has 8 aromatic rings. The fourth-order valence-corrected chi connectivity index (χ4v) is 8.85. The molecule has 6 nitrogen and oxygen atoms in total. The molecule has 0 bridgehead atoms. The third-order valence-corrected chi connectivity index (χ3v) is 11.4.